The van der Waals surface area contributed by atoms with E-state index in [1.807, 2.05) is 18.2 Å². The summed E-state index contributed by atoms with van der Waals surface area (Å²) in [5, 5.41) is 17.6. The maximum Gasteiger partial charge on any atom is 2.00 e. The largest absolute Gasteiger partial charge is 2.00 e. The molecule has 1 N–H and O–H groups in total. The summed E-state index contributed by atoms with van der Waals surface area (Å²) >= 11 is 0. The molecule has 0 bridgehead atoms. The minimum Gasteiger partial charge on any atom is -0.668 e. The molecule has 0 aliphatic rings. The fraction of sp³-hybridized carbons (Fsp3) is 0.667. The van der Waals surface area contributed by atoms with E-state index in [1.54, 1.807) is 28.2 Å². The molecule has 1 aromatic carbocycles. The quantitative estimate of drug-likeness (QED) is 0.804. The van der Waals surface area contributed by atoms with Gasteiger partial charge in [-0.25, -0.2) is 0 Å². The third-order valence-corrected chi connectivity index (χ3v) is 3.33. The van der Waals surface area contributed by atoms with E-state index in [0.29, 0.717) is 0 Å². The van der Waals surface area contributed by atoms with Gasteiger partial charge in [-0.1, -0.05) is 58.0 Å². The topological polar surface area (TPSA) is 48.4 Å². The maximum atomic E-state index is 10.6. The van der Waals surface area contributed by atoms with E-state index < -0.39 is 5.60 Å². The summed E-state index contributed by atoms with van der Waals surface area (Å²) in [5.74, 6) is 0.551. The minimum absolute atomic E-state index is 0. The summed E-state index contributed by atoms with van der Waals surface area (Å²) in [6.45, 7) is 8.35. The molecule has 0 unspecified atom stereocenters. The number of benzene rings is 1. The Hall–Kier alpha value is -0.186. The van der Waals surface area contributed by atoms with Gasteiger partial charge in [-0.15, -0.1) is 0 Å². The van der Waals surface area contributed by atoms with E-state index in [1.165, 1.54) is 5.56 Å². The van der Waals surface area contributed by atoms with Crippen LogP contribution in [-0.4, -0.2) is 38.9 Å². The Morgan fingerprint density at radius 2 is 1.18 bits per heavy atom. The van der Waals surface area contributed by atoms with Crippen LogP contribution in [0.2, 0.25) is 0 Å². The molecule has 4 heteroatoms. The summed E-state index contributed by atoms with van der Waals surface area (Å²) in [6, 6.07) is 10.2. The average Bonchev–Trinajstić information content (AvgIpc) is 2.41. The summed E-state index contributed by atoms with van der Waals surface area (Å²) < 4.78 is 0. The maximum absolute atomic E-state index is 10.6. The van der Waals surface area contributed by atoms with Crippen molar-refractivity contribution in [2.45, 2.75) is 39.7 Å². The Morgan fingerprint density at radius 1 is 0.864 bits per heavy atom. The van der Waals surface area contributed by atoms with Crippen molar-refractivity contribution in [1.29, 1.82) is 0 Å². The molecule has 0 aliphatic heterocycles. The molecule has 0 aromatic heterocycles. The van der Waals surface area contributed by atoms with Gasteiger partial charge in [-0.3, -0.25) is 0 Å². The van der Waals surface area contributed by atoms with Crippen molar-refractivity contribution >= 4 is 0 Å². The normalized spacial score (nSPS) is 10.1. The van der Waals surface area contributed by atoms with E-state index in [2.05, 4.69) is 50.5 Å². The van der Waals surface area contributed by atoms with Crippen LogP contribution in [0.25, 0.3) is 10.6 Å². The molecule has 1 aromatic rings. The molecule has 22 heavy (non-hydrogen) atoms. The number of aliphatic hydroxyl groups is 1. The van der Waals surface area contributed by atoms with Crippen LogP contribution in [0.3, 0.4) is 0 Å². The summed E-state index contributed by atoms with van der Waals surface area (Å²) in [7, 11) is 7.00. The Morgan fingerprint density at radius 3 is 1.45 bits per heavy atom. The Bertz CT molecular complexity index is 319. The van der Waals surface area contributed by atoms with Crippen LogP contribution in [0.1, 0.15) is 33.3 Å². The zero-order chi connectivity index (χ0) is 16.9. The molecule has 0 amide bonds. The van der Waals surface area contributed by atoms with E-state index in [4.69, 9.17) is 0 Å². The van der Waals surface area contributed by atoms with Crippen LogP contribution in [0.5, 0.6) is 0 Å². The molecule has 0 saturated carbocycles. The molecule has 3 nitrogen and oxygen atoms in total. The first-order valence-corrected chi connectivity index (χ1v) is 7.52. The van der Waals surface area contributed by atoms with Gasteiger partial charge < -0.3 is 15.7 Å². The van der Waals surface area contributed by atoms with Crippen molar-refractivity contribution in [3.8, 4) is 0 Å². The predicted molar refractivity (Wildman–Crippen MR) is 95.2 cm³/mol. The SMILES string of the molecule is CC(C)C(O)(Cc1ccccc1)C(C)C.C[N-]C.C[N-]C.[Ti+2]. The van der Waals surface area contributed by atoms with E-state index in [-0.39, 0.29) is 33.6 Å². The smallest absolute Gasteiger partial charge is 0.668 e. The Balaban J connectivity index is -0.000000447. The van der Waals surface area contributed by atoms with Crippen molar-refractivity contribution < 1.29 is 26.8 Å². The Labute approximate surface area is 153 Å². The molecule has 0 fully saturated rings. The third kappa shape index (κ3) is 11.4. The standard InChI is InChI=1S/C14H22O.2C2H6N.Ti/c1-11(2)14(15,12(3)4)10-13-8-6-5-7-9-13;2*1-3-2;/h5-9,11-12,15H,10H2,1-4H3;2*1-2H3;/q;2*-1;+2. The molecule has 0 atom stereocenters. The first kappa shape index (κ1) is 26.7. The van der Waals surface area contributed by atoms with Gasteiger partial charge in [0.25, 0.3) is 0 Å². The summed E-state index contributed by atoms with van der Waals surface area (Å²) in [4.78, 5) is 0. The second kappa shape index (κ2) is 15.7. The van der Waals surface area contributed by atoms with Gasteiger partial charge in [0.1, 0.15) is 0 Å². The number of rotatable bonds is 4. The van der Waals surface area contributed by atoms with Crippen molar-refractivity contribution in [2.75, 3.05) is 28.2 Å². The summed E-state index contributed by atoms with van der Waals surface area (Å²) in [5.41, 5.74) is 0.615. The van der Waals surface area contributed by atoms with E-state index in [0.717, 1.165) is 6.42 Å². The second-order valence-corrected chi connectivity index (χ2v) is 5.86. The van der Waals surface area contributed by atoms with Crippen molar-refractivity contribution in [2.24, 2.45) is 11.8 Å². The van der Waals surface area contributed by atoms with Crippen LogP contribution in [0.15, 0.2) is 30.3 Å². The van der Waals surface area contributed by atoms with Crippen LogP contribution in [-0.2, 0) is 28.1 Å². The summed E-state index contributed by atoms with van der Waals surface area (Å²) in [6.07, 6.45) is 0.739. The molecular formula is C18H34N2OTi. The molecule has 0 radical (unpaired) electrons. The molecular weight excluding hydrogens is 308 g/mol. The fourth-order valence-corrected chi connectivity index (χ4v) is 2.00. The zero-order valence-corrected chi connectivity index (χ0v) is 17.2. The van der Waals surface area contributed by atoms with Crippen LogP contribution < -0.4 is 0 Å². The van der Waals surface area contributed by atoms with Gasteiger partial charge in [0.05, 0.1) is 5.60 Å². The molecule has 0 saturated heterocycles. The Kier molecular flexibility index (Phi) is 19.1. The van der Waals surface area contributed by atoms with Gasteiger partial charge in [0.2, 0.25) is 0 Å². The monoisotopic (exact) mass is 342 g/mol. The van der Waals surface area contributed by atoms with Gasteiger partial charge >= 0.3 is 21.7 Å². The minimum atomic E-state index is -0.596. The average molecular weight is 342 g/mol. The van der Waals surface area contributed by atoms with E-state index >= 15 is 0 Å². The van der Waals surface area contributed by atoms with Gasteiger partial charge in [-0.2, -0.15) is 28.2 Å². The van der Waals surface area contributed by atoms with Gasteiger partial charge in [0.15, 0.2) is 0 Å². The molecule has 126 valence electrons. The van der Waals surface area contributed by atoms with Crippen molar-refractivity contribution in [3.05, 3.63) is 46.5 Å². The first-order valence-electron chi connectivity index (χ1n) is 7.52. The van der Waals surface area contributed by atoms with Crippen LogP contribution >= 0.6 is 0 Å². The molecule has 1 rings (SSSR count). The second-order valence-electron chi connectivity index (χ2n) is 5.86. The van der Waals surface area contributed by atoms with Gasteiger partial charge in [-0.05, 0) is 17.4 Å². The van der Waals surface area contributed by atoms with Crippen LogP contribution in [0.4, 0.5) is 0 Å². The van der Waals surface area contributed by atoms with Gasteiger partial charge in [0, 0.05) is 6.42 Å². The number of hydrogen-bond acceptors (Lipinski definition) is 1. The molecule has 0 aliphatic carbocycles. The van der Waals surface area contributed by atoms with E-state index in [9.17, 15) is 5.11 Å². The predicted octanol–water partition coefficient (Wildman–Crippen LogP) is 4.51. The molecule has 0 spiro atoms. The van der Waals surface area contributed by atoms with Crippen LogP contribution in [0, 0.1) is 11.8 Å². The zero-order valence-electron chi connectivity index (χ0n) is 15.6. The number of hydrogen-bond donors (Lipinski definition) is 1. The fourth-order valence-electron chi connectivity index (χ4n) is 2.00. The first-order chi connectivity index (χ1) is 9.79. The van der Waals surface area contributed by atoms with Crippen molar-refractivity contribution in [1.82, 2.24) is 0 Å². The number of nitrogens with zero attached hydrogens (tertiary/aromatic N) is 2. The third-order valence-electron chi connectivity index (χ3n) is 3.33. The van der Waals surface area contributed by atoms with Crippen molar-refractivity contribution in [3.63, 3.8) is 0 Å². The molecule has 0 heterocycles.